The normalized spacial score (nSPS) is 9.96. The van der Waals surface area contributed by atoms with Gasteiger partial charge in [-0.2, -0.15) is 0 Å². The molecular formula is C18H20ClN3O4. The molecule has 2 rings (SSSR count). The topological polar surface area (TPSA) is 71.1 Å². The van der Waals surface area contributed by atoms with Gasteiger partial charge < -0.3 is 19.8 Å². The molecule has 0 spiro atoms. The third kappa shape index (κ3) is 5.86. The van der Waals surface area contributed by atoms with Crippen molar-refractivity contribution in [3.8, 4) is 5.75 Å². The van der Waals surface area contributed by atoms with E-state index < -0.39 is 12.1 Å². The van der Waals surface area contributed by atoms with Crippen molar-refractivity contribution in [3.05, 3.63) is 59.6 Å². The third-order valence-electron chi connectivity index (χ3n) is 3.16. The Kier molecular flexibility index (Phi) is 7.11. The van der Waals surface area contributed by atoms with E-state index in [0.29, 0.717) is 16.5 Å². The molecule has 0 fully saturated rings. The van der Waals surface area contributed by atoms with Gasteiger partial charge in [-0.15, -0.1) is 5.06 Å². The molecule has 3 amide bonds. The van der Waals surface area contributed by atoms with Gasteiger partial charge in [0.25, 0.3) is 0 Å². The summed E-state index contributed by atoms with van der Waals surface area (Å²) in [6, 6.07) is 15.1. The number of nitrogens with zero attached hydrogens (tertiary/aromatic N) is 2. The van der Waals surface area contributed by atoms with E-state index in [-0.39, 0.29) is 13.2 Å². The molecule has 2 aromatic rings. The van der Waals surface area contributed by atoms with Crippen molar-refractivity contribution < 1.29 is 19.2 Å². The number of carbonyl (C=O) groups excluding carboxylic acids is 2. The smallest absolute Gasteiger partial charge is 0.432 e. The molecule has 0 heterocycles. The van der Waals surface area contributed by atoms with Crippen molar-refractivity contribution in [1.29, 1.82) is 0 Å². The fraction of sp³-hybridized carbons (Fsp3) is 0.222. The molecule has 0 bridgehead atoms. The zero-order valence-electron chi connectivity index (χ0n) is 14.5. The number of hydrogen-bond donors (Lipinski definition) is 1. The summed E-state index contributed by atoms with van der Waals surface area (Å²) in [6.07, 6.45) is -0.765. The number of amides is 3. The Balaban J connectivity index is 1.86. The predicted octanol–water partition coefficient (Wildman–Crippen LogP) is 3.55. The van der Waals surface area contributed by atoms with Crippen molar-refractivity contribution in [2.45, 2.75) is 0 Å². The van der Waals surface area contributed by atoms with E-state index in [2.05, 4.69) is 5.32 Å². The first kappa shape index (κ1) is 19.4. The Morgan fingerprint density at radius 3 is 2.46 bits per heavy atom. The SMILES string of the molecule is CN(C)C(=O)N(OC(=O)NCCOc1cccc(Cl)c1)c1ccccc1. The summed E-state index contributed by atoms with van der Waals surface area (Å²) in [4.78, 5) is 30.7. The molecule has 8 heteroatoms. The number of urea groups is 1. The highest BCUT2D eigenvalue weighted by atomic mass is 35.5. The van der Waals surface area contributed by atoms with Gasteiger partial charge in [-0.1, -0.05) is 35.9 Å². The maximum Gasteiger partial charge on any atom is 0.432 e. The minimum atomic E-state index is -0.765. The van der Waals surface area contributed by atoms with Crippen LogP contribution in [0.1, 0.15) is 0 Å². The molecule has 0 aliphatic heterocycles. The highest BCUT2D eigenvalue weighted by Crippen LogP contribution is 2.17. The van der Waals surface area contributed by atoms with Gasteiger partial charge in [0.05, 0.1) is 12.2 Å². The zero-order chi connectivity index (χ0) is 18.9. The zero-order valence-corrected chi connectivity index (χ0v) is 15.3. The van der Waals surface area contributed by atoms with E-state index >= 15 is 0 Å². The fourth-order valence-electron chi connectivity index (χ4n) is 1.94. The fourth-order valence-corrected chi connectivity index (χ4v) is 2.12. The second-order valence-corrected chi connectivity index (χ2v) is 5.85. The van der Waals surface area contributed by atoms with Crippen molar-refractivity contribution in [3.63, 3.8) is 0 Å². The lowest BCUT2D eigenvalue weighted by atomic mass is 10.3. The van der Waals surface area contributed by atoms with E-state index in [9.17, 15) is 9.59 Å². The molecule has 0 saturated carbocycles. The van der Waals surface area contributed by atoms with Gasteiger partial charge in [-0.25, -0.2) is 9.59 Å². The molecule has 0 aliphatic rings. The predicted molar refractivity (Wildman–Crippen MR) is 99.4 cm³/mol. The van der Waals surface area contributed by atoms with Crippen LogP contribution in [0.2, 0.25) is 5.02 Å². The van der Waals surface area contributed by atoms with Crippen LogP contribution in [0.4, 0.5) is 15.3 Å². The third-order valence-corrected chi connectivity index (χ3v) is 3.39. The number of ether oxygens (including phenoxy) is 1. The van der Waals surface area contributed by atoms with Crippen LogP contribution in [0.15, 0.2) is 54.6 Å². The van der Waals surface area contributed by atoms with Gasteiger partial charge in [0, 0.05) is 19.1 Å². The quantitative estimate of drug-likeness (QED) is 0.639. The van der Waals surface area contributed by atoms with Crippen LogP contribution in [0, 0.1) is 0 Å². The molecule has 0 saturated heterocycles. The summed E-state index contributed by atoms with van der Waals surface area (Å²) in [5, 5.41) is 4.02. The summed E-state index contributed by atoms with van der Waals surface area (Å²) in [6.45, 7) is 0.423. The molecule has 2 aromatic carbocycles. The van der Waals surface area contributed by atoms with Crippen LogP contribution < -0.4 is 15.1 Å². The molecule has 0 unspecified atom stereocenters. The van der Waals surface area contributed by atoms with Crippen LogP contribution in [0.25, 0.3) is 0 Å². The summed E-state index contributed by atoms with van der Waals surface area (Å²) in [5.41, 5.74) is 0.441. The van der Waals surface area contributed by atoms with Crippen LogP contribution in [-0.4, -0.2) is 44.3 Å². The Bertz CT molecular complexity index is 740. The highest BCUT2D eigenvalue weighted by Gasteiger charge is 2.22. The molecule has 0 aliphatic carbocycles. The molecule has 138 valence electrons. The van der Waals surface area contributed by atoms with E-state index in [0.717, 1.165) is 5.06 Å². The monoisotopic (exact) mass is 377 g/mol. The van der Waals surface area contributed by atoms with Gasteiger partial charge in [0.15, 0.2) is 0 Å². The first-order valence-electron chi connectivity index (χ1n) is 7.88. The van der Waals surface area contributed by atoms with Crippen molar-refractivity contribution in [2.75, 3.05) is 32.3 Å². The molecule has 0 atom stereocenters. The lowest BCUT2D eigenvalue weighted by Crippen LogP contribution is -2.43. The van der Waals surface area contributed by atoms with Crippen LogP contribution in [0.3, 0.4) is 0 Å². The average Bonchev–Trinajstić information content (AvgIpc) is 2.63. The lowest BCUT2D eigenvalue weighted by molar-refractivity contribution is 0.126. The van der Waals surface area contributed by atoms with Crippen LogP contribution in [-0.2, 0) is 4.84 Å². The van der Waals surface area contributed by atoms with Gasteiger partial charge in [0.1, 0.15) is 12.4 Å². The summed E-state index contributed by atoms with van der Waals surface area (Å²) < 4.78 is 5.47. The number of anilines is 1. The maximum atomic E-state index is 12.2. The number of nitrogens with one attached hydrogen (secondary N) is 1. The molecule has 26 heavy (non-hydrogen) atoms. The highest BCUT2D eigenvalue weighted by molar-refractivity contribution is 6.30. The Labute approximate surface area is 157 Å². The number of halogens is 1. The Morgan fingerprint density at radius 2 is 1.81 bits per heavy atom. The molecule has 7 nitrogen and oxygen atoms in total. The standard InChI is InChI=1S/C18H20ClN3O4/c1-21(2)18(24)22(15-8-4-3-5-9-15)26-17(23)20-11-12-25-16-10-6-7-14(19)13-16/h3-10,13H,11-12H2,1-2H3,(H,20,23). The molecule has 1 N–H and O–H groups in total. The minimum absolute atomic E-state index is 0.199. The number of hydrogen-bond acceptors (Lipinski definition) is 4. The molecular weight excluding hydrogens is 358 g/mol. The number of hydroxylamine groups is 1. The summed E-state index contributed by atoms with van der Waals surface area (Å²) in [5.74, 6) is 0.598. The maximum absolute atomic E-state index is 12.2. The van der Waals surface area contributed by atoms with Crippen molar-refractivity contribution in [2.24, 2.45) is 0 Å². The second-order valence-electron chi connectivity index (χ2n) is 5.42. The van der Waals surface area contributed by atoms with Gasteiger partial charge in [-0.05, 0) is 30.3 Å². The van der Waals surface area contributed by atoms with Gasteiger partial charge >= 0.3 is 12.1 Å². The van der Waals surface area contributed by atoms with Gasteiger partial charge in [-0.3, -0.25) is 0 Å². The summed E-state index contributed by atoms with van der Waals surface area (Å²) in [7, 11) is 3.14. The van der Waals surface area contributed by atoms with Crippen LogP contribution >= 0.6 is 11.6 Å². The van der Waals surface area contributed by atoms with Crippen molar-refractivity contribution in [1.82, 2.24) is 10.2 Å². The first-order chi connectivity index (χ1) is 12.5. The lowest BCUT2D eigenvalue weighted by Gasteiger charge is -2.24. The Morgan fingerprint density at radius 1 is 1.08 bits per heavy atom. The largest absolute Gasteiger partial charge is 0.492 e. The average molecular weight is 378 g/mol. The minimum Gasteiger partial charge on any atom is -0.492 e. The molecule has 0 radical (unpaired) electrons. The number of carbonyl (C=O) groups is 2. The van der Waals surface area contributed by atoms with E-state index in [1.54, 1.807) is 68.7 Å². The van der Waals surface area contributed by atoms with Crippen LogP contribution in [0.5, 0.6) is 5.75 Å². The van der Waals surface area contributed by atoms with E-state index in [4.69, 9.17) is 21.2 Å². The Hall–Kier alpha value is -2.93. The molecule has 0 aromatic heterocycles. The van der Waals surface area contributed by atoms with E-state index in [1.165, 1.54) is 4.90 Å². The van der Waals surface area contributed by atoms with Crippen molar-refractivity contribution >= 4 is 29.4 Å². The number of benzene rings is 2. The summed E-state index contributed by atoms with van der Waals surface area (Å²) >= 11 is 5.87. The van der Waals surface area contributed by atoms with E-state index in [1.807, 2.05) is 0 Å². The second kappa shape index (κ2) is 9.53. The number of para-hydroxylation sites is 1. The first-order valence-corrected chi connectivity index (χ1v) is 8.26. The number of rotatable bonds is 5. The van der Waals surface area contributed by atoms with Gasteiger partial charge in [0.2, 0.25) is 0 Å².